The molecule has 1 fully saturated rings. The Labute approximate surface area is 125 Å². The summed E-state index contributed by atoms with van der Waals surface area (Å²) in [6.45, 7) is 6.40. The van der Waals surface area contributed by atoms with Crippen LogP contribution in [0.3, 0.4) is 0 Å². The van der Waals surface area contributed by atoms with Crippen LogP contribution in [-0.4, -0.2) is 13.1 Å². The van der Waals surface area contributed by atoms with Crippen molar-refractivity contribution in [2.75, 3.05) is 18.0 Å². The molecule has 0 spiro atoms. The van der Waals surface area contributed by atoms with Gasteiger partial charge in [0, 0.05) is 18.8 Å². The van der Waals surface area contributed by atoms with E-state index < -0.39 is 11.7 Å². The fraction of sp³-hybridized carbons (Fsp3) is 0.647. The minimum absolute atomic E-state index is 0.571. The predicted octanol–water partition coefficient (Wildman–Crippen LogP) is 5.36. The SMILES string of the molecule is CC(C)CCC1CCN(c2ccc(C(F)(F)F)cc2)CC1. The van der Waals surface area contributed by atoms with Crippen molar-refractivity contribution in [2.45, 2.75) is 45.7 Å². The monoisotopic (exact) mass is 299 g/mol. The largest absolute Gasteiger partial charge is 0.416 e. The molecule has 1 aliphatic heterocycles. The van der Waals surface area contributed by atoms with Crippen LogP contribution >= 0.6 is 0 Å². The fourth-order valence-corrected chi connectivity index (χ4v) is 2.91. The Morgan fingerprint density at radius 2 is 1.67 bits per heavy atom. The first kappa shape index (κ1) is 16.2. The zero-order valence-electron chi connectivity index (χ0n) is 12.8. The van der Waals surface area contributed by atoms with E-state index in [0.29, 0.717) is 0 Å². The van der Waals surface area contributed by atoms with Gasteiger partial charge in [-0.3, -0.25) is 0 Å². The molecule has 1 aliphatic rings. The van der Waals surface area contributed by atoms with E-state index in [1.165, 1.54) is 25.0 Å². The van der Waals surface area contributed by atoms with Gasteiger partial charge in [0.05, 0.1) is 5.56 Å². The minimum Gasteiger partial charge on any atom is -0.372 e. The summed E-state index contributed by atoms with van der Waals surface area (Å²) in [7, 11) is 0. The molecule has 1 heterocycles. The smallest absolute Gasteiger partial charge is 0.372 e. The third-order valence-electron chi connectivity index (χ3n) is 4.33. The molecule has 0 amide bonds. The fourth-order valence-electron chi connectivity index (χ4n) is 2.91. The van der Waals surface area contributed by atoms with Crippen molar-refractivity contribution < 1.29 is 13.2 Å². The normalized spacial score (nSPS) is 17.5. The maximum atomic E-state index is 12.5. The first-order valence-electron chi connectivity index (χ1n) is 7.78. The molecule has 21 heavy (non-hydrogen) atoms. The van der Waals surface area contributed by atoms with Crippen LogP contribution in [0.15, 0.2) is 24.3 Å². The Bertz CT molecular complexity index is 428. The lowest BCUT2D eigenvalue weighted by molar-refractivity contribution is -0.137. The minimum atomic E-state index is -4.25. The Morgan fingerprint density at radius 1 is 1.10 bits per heavy atom. The van der Waals surface area contributed by atoms with Crippen LogP contribution in [0.1, 0.15) is 45.1 Å². The number of halogens is 3. The van der Waals surface area contributed by atoms with Gasteiger partial charge in [0.1, 0.15) is 0 Å². The molecule has 0 unspecified atom stereocenters. The number of hydrogen-bond donors (Lipinski definition) is 0. The molecule has 0 aliphatic carbocycles. The standard InChI is InChI=1S/C17H24F3N/c1-13(2)3-4-14-9-11-21(12-10-14)16-7-5-15(6-8-16)17(18,19)20/h5-8,13-14H,3-4,9-12H2,1-2H3. The van der Waals surface area contributed by atoms with Crippen LogP contribution in [-0.2, 0) is 6.18 Å². The zero-order valence-corrected chi connectivity index (χ0v) is 12.8. The van der Waals surface area contributed by atoms with E-state index in [-0.39, 0.29) is 0 Å². The Kier molecular flexibility index (Phi) is 5.17. The molecule has 1 nitrogen and oxygen atoms in total. The molecule has 0 atom stereocenters. The van der Waals surface area contributed by atoms with Gasteiger partial charge in [0.25, 0.3) is 0 Å². The maximum absolute atomic E-state index is 12.5. The highest BCUT2D eigenvalue weighted by Gasteiger charge is 2.30. The molecular weight excluding hydrogens is 275 g/mol. The number of nitrogens with zero attached hydrogens (tertiary/aromatic N) is 1. The molecule has 0 radical (unpaired) electrons. The first-order valence-corrected chi connectivity index (χ1v) is 7.78. The van der Waals surface area contributed by atoms with E-state index in [2.05, 4.69) is 18.7 Å². The van der Waals surface area contributed by atoms with Crippen LogP contribution in [0.2, 0.25) is 0 Å². The summed E-state index contributed by atoms with van der Waals surface area (Å²) < 4.78 is 37.6. The van der Waals surface area contributed by atoms with Gasteiger partial charge >= 0.3 is 6.18 Å². The third kappa shape index (κ3) is 4.65. The second kappa shape index (κ2) is 6.71. The molecular formula is C17H24F3N. The van der Waals surface area contributed by atoms with E-state index in [1.54, 1.807) is 12.1 Å². The summed E-state index contributed by atoms with van der Waals surface area (Å²) in [5.41, 5.74) is 0.336. The van der Waals surface area contributed by atoms with Gasteiger partial charge in [-0.2, -0.15) is 13.2 Å². The summed E-state index contributed by atoms with van der Waals surface area (Å²) in [6.07, 6.45) is 0.591. The molecule has 0 aromatic heterocycles. The molecule has 0 saturated carbocycles. The van der Waals surface area contributed by atoms with E-state index in [4.69, 9.17) is 0 Å². The van der Waals surface area contributed by atoms with Gasteiger partial charge in [-0.05, 0) is 48.9 Å². The molecule has 4 heteroatoms. The second-order valence-corrected chi connectivity index (χ2v) is 6.45. The predicted molar refractivity (Wildman–Crippen MR) is 80.5 cm³/mol. The van der Waals surface area contributed by atoms with Crippen LogP contribution in [0.5, 0.6) is 0 Å². The number of benzene rings is 1. The van der Waals surface area contributed by atoms with Gasteiger partial charge < -0.3 is 4.90 Å². The molecule has 118 valence electrons. The lowest BCUT2D eigenvalue weighted by Gasteiger charge is -2.34. The summed E-state index contributed by atoms with van der Waals surface area (Å²) in [6, 6.07) is 5.55. The van der Waals surface area contributed by atoms with Crippen LogP contribution in [0, 0.1) is 11.8 Å². The number of anilines is 1. The third-order valence-corrected chi connectivity index (χ3v) is 4.33. The first-order chi connectivity index (χ1) is 9.86. The lowest BCUT2D eigenvalue weighted by atomic mass is 9.89. The van der Waals surface area contributed by atoms with Crippen molar-refractivity contribution in [1.29, 1.82) is 0 Å². The Balaban J connectivity index is 1.87. The van der Waals surface area contributed by atoms with Gasteiger partial charge in [-0.1, -0.05) is 26.7 Å². The number of rotatable bonds is 4. The van der Waals surface area contributed by atoms with Gasteiger partial charge in [-0.15, -0.1) is 0 Å². The van der Waals surface area contributed by atoms with E-state index in [0.717, 1.165) is 43.5 Å². The summed E-state index contributed by atoms with van der Waals surface area (Å²) in [4.78, 5) is 2.20. The number of hydrogen-bond acceptors (Lipinski definition) is 1. The van der Waals surface area contributed by atoms with Crippen LogP contribution < -0.4 is 4.90 Å². The van der Waals surface area contributed by atoms with Gasteiger partial charge in [0.2, 0.25) is 0 Å². The van der Waals surface area contributed by atoms with Crippen molar-refractivity contribution in [3.63, 3.8) is 0 Å². The number of alkyl halides is 3. The summed E-state index contributed by atoms with van der Waals surface area (Å²) >= 11 is 0. The molecule has 0 bridgehead atoms. The average molecular weight is 299 g/mol. The van der Waals surface area contributed by atoms with Crippen LogP contribution in [0.25, 0.3) is 0 Å². The van der Waals surface area contributed by atoms with Gasteiger partial charge in [-0.25, -0.2) is 0 Å². The zero-order chi connectivity index (χ0) is 15.5. The topological polar surface area (TPSA) is 3.24 Å². The van der Waals surface area contributed by atoms with E-state index >= 15 is 0 Å². The Hall–Kier alpha value is -1.19. The highest BCUT2D eigenvalue weighted by atomic mass is 19.4. The average Bonchev–Trinajstić information content (AvgIpc) is 2.45. The molecule has 2 rings (SSSR count). The van der Waals surface area contributed by atoms with Crippen molar-refractivity contribution in [1.82, 2.24) is 0 Å². The van der Waals surface area contributed by atoms with Crippen LogP contribution in [0.4, 0.5) is 18.9 Å². The second-order valence-electron chi connectivity index (χ2n) is 6.45. The van der Waals surface area contributed by atoms with E-state index in [1.807, 2.05) is 0 Å². The summed E-state index contributed by atoms with van der Waals surface area (Å²) in [5.74, 6) is 1.52. The van der Waals surface area contributed by atoms with E-state index in [9.17, 15) is 13.2 Å². The van der Waals surface area contributed by atoms with Crippen molar-refractivity contribution in [3.8, 4) is 0 Å². The lowest BCUT2D eigenvalue weighted by Crippen LogP contribution is -2.33. The Morgan fingerprint density at radius 3 is 2.14 bits per heavy atom. The van der Waals surface area contributed by atoms with Crippen molar-refractivity contribution in [3.05, 3.63) is 29.8 Å². The van der Waals surface area contributed by atoms with Gasteiger partial charge in [0.15, 0.2) is 0 Å². The molecule has 1 aromatic rings. The number of piperidine rings is 1. The molecule has 1 aromatic carbocycles. The van der Waals surface area contributed by atoms with Crippen molar-refractivity contribution in [2.24, 2.45) is 11.8 Å². The maximum Gasteiger partial charge on any atom is 0.416 e. The molecule has 0 N–H and O–H groups in total. The quantitative estimate of drug-likeness (QED) is 0.723. The highest BCUT2D eigenvalue weighted by Crippen LogP contribution is 2.32. The summed E-state index contributed by atoms with van der Waals surface area (Å²) in [5, 5.41) is 0. The molecule has 1 saturated heterocycles. The van der Waals surface area contributed by atoms with Crippen molar-refractivity contribution >= 4 is 5.69 Å². The highest BCUT2D eigenvalue weighted by molar-refractivity contribution is 5.48.